The summed E-state index contributed by atoms with van der Waals surface area (Å²) in [6, 6.07) is 3.43. The molecule has 0 spiro atoms. The predicted molar refractivity (Wildman–Crippen MR) is 108 cm³/mol. The quantitative estimate of drug-likeness (QED) is 0.439. The van der Waals surface area contributed by atoms with E-state index in [1.165, 1.54) is 11.3 Å². The molecule has 154 valence electrons. The molecule has 2 saturated heterocycles. The number of nitrogens with one attached hydrogen (secondary N) is 1. The fourth-order valence-electron chi connectivity index (χ4n) is 3.51. The first kappa shape index (κ1) is 21.0. The van der Waals surface area contributed by atoms with Crippen LogP contribution in [0.5, 0.6) is 0 Å². The highest BCUT2D eigenvalue weighted by molar-refractivity contribution is 7.81. The van der Waals surface area contributed by atoms with Gasteiger partial charge in [-0.3, -0.25) is 9.59 Å². The maximum absolute atomic E-state index is 12.8. The second kappa shape index (κ2) is 7.59. The topological polar surface area (TPSA) is 84.9 Å². The maximum Gasteiger partial charge on any atom is 0.410 e. The molecular formula is C19H26N2O5S2. The number of ether oxygens (including phenoxy) is 2. The van der Waals surface area contributed by atoms with Crippen LogP contribution in [-0.2, 0) is 19.1 Å². The summed E-state index contributed by atoms with van der Waals surface area (Å²) >= 11 is 5.98. The van der Waals surface area contributed by atoms with E-state index < -0.39 is 34.6 Å². The van der Waals surface area contributed by atoms with E-state index in [4.69, 9.17) is 9.47 Å². The summed E-state index contributed by atoms with van der Waals surface area (Å²) in [5, 5.41) is 3.77. The Kier molecular flexibility index (Phi) is 5.69. The van der Waals surface area contributed by atoms with Gasteiger partial charge in [0.2, 0.25) is 6.10 Å². The first-order valence-electron chi connectivity index (χ1n) is 9.26. The zero-order valence-electron chi connectivity index (χ0n) is 16.4. The van der Waals surface area contributed by atoms with Crippen LogP contribution in [0.25, 0.3) is 0 Å². The number of likely N-dealkylation sites (tertiary alicyclic amines) is 1. The monoisotopic (exact) mass is 426 g/mol. The summed E-state index contributed by atoms with van der Waals surface area (Å²) in [4.78, 5) is 39.8. The van der Waals surface area contributed by atoms with E-state index in [9.17, 15) is 14.4 Å². The molecule has 0 saturated carbocycles. The summed E-state index contributed by atoms with van der Waals surface area (Å²) in [5.74, 6) is -0.935. The van der Waals surface area contributed by atoms with Gasteiger partial charge in [0.1, 0.15) is 16.9 Å². The fourth-order valence-corrected chi connectivity index (χ4v) is 4.64. The zero-order chi connectivity index (χ0) is 20.7. The molecule has 3 heterocycles. The molecule has 1 N–H and O–H groups in total. The molecule has 2 fully saturated rings. The summed E-state index contributed by atoms with van der Waals surface area (Å²) in [6.07, 6.45) is -0.0132. The molecule has 0 aliphatic carbocycles. The molecular weight excluding hydrogens is 400 g/mol. The van der Waals surface area contributed by atoms with E-state index in [0.29, 0.717) is 13.0 Å². The van der Waals surface area contributed by atoms with Crippen molar-refractivity contribution in [2.75, 3.05) is 6.54 Å². The number of hydrogen-bond donors (Lipinski definition) is 2. The van der Waals surface area contributed by atoms with Gasteiger partial charge in [-0.25, -0.2) is 4.79 Å². The van der Waals surface area contributed by atoms with Crippen molar-refractivity contribution in [3.05, 3.63) is 22.4 Å². The van der Waals surface area contributed by atoms with Crippen LogP contribution in [0.15, 0.2) is 17.5 Å². The van der Waals surface area contributed by atoms with Crippen LogP contribution in [0, 0.1) is 0 Å². The molecule has 0 aromatic carbocycles. The van der Waals surface area contributed by atoms with Crippen LogP contribution in [0.1, 0.15) is 51.5 Å². The predicted octanol–water partition coefficient (Wildman–Crippen LogP) is 2.92. The summed E-state index contributed by atoms with van der Waals surface area (Å²) < 4.78 is 11.0. The van der Waals surface area contributed by atoms with Crippen LogP contribution < -0.4 is 5.32 Å². The minimum Gasteiger partial charge on any atom is -0.449 e. The lowest BCUT2D eigenvalue weighted by Crippen LogP contribution is -2.60. The lowest BCUT2D eigenvalue weighted by molar-refractivity contribution is -0.167. The Morgan fingerprint density at radius 1 is 1.43 bits per heavy atom. The van der Waals surface area contributed by atoms with Gasteiger partial charge in [-0.2, -0.15) is 12.6 Å². The average molecular weight is 427 g/mol. The number of thiol groups is 1. The number of amides is 2. The molecule has 28 heavy (non-hydrogen) atoms. The maximum atomic E-state index is 12.8. The molecule has 3 rings (SSSR count). The Labute approximate surface area is 174 Å². The normalized spacial score (nSPS) is 28.3. The first-order chi connectivity index (χ1) is 13.0. The van der Waals surface area contributed by atoms with Crippen molar-refractivity contribution >= 4 is 41.9 Å². The molecule has 2 aliphatic heterocycles. The van der Waals surface area contributed by atoms with Crippen molar-refractivity contribution in [1.29, 1.82) is 0 Å². The third-order valence-corrected chi connectivity index (χ3v) is 6.78. The number of rotatable bonds is 4. The zero-order valence-corrected chi connectivity index (χ0v) is 18.1. The molecule has 0 radical (unpaired) electrons. The molecule has 2 aliphatic rings. The Hall–Kier alpha value is -1.74. The van der Waals surface area contributed by atoms with Crippen LogP contribution >= 0.6 is 24.0 Å². The number of thiophene rings is 1. The number of carbonyl (C=O) groups excluding carboxylic acids is 3. The Morgan fingerprint density at radius 3 is 2.71 bits per heavy atom. The molecule has 1 unspecified atom stereocenters. The molecule has 4 atom stereocenters. The fraction of sp³-hybridized carbons (Fsp3) is 0.632. The third-order valence-electron chi connectivity index (χ3n) is 5.06. The molecule has 0 bridgehead atoms. The van der Waals surface area contributed by atoms with Crippen LogP contribution in [0.3, 0.4) is 0 Å². The van der Waals surface area contributed by atoms with Gasteiger partial charge in [0, 0.05) is 11.4 Å². The number of hydrogen-bond acceptors (Lipinski definition) is 7. The average Bonchev–Trinajstić information content (AvgIpc) is 3.25. The second-order valence-corrected chi connectivity index (χ2v) is 9.85. The number of esters is 1. The van der Waals surface area contributed by atoms with E-state index in [2.05, 4.69) is 17.9 Å². The van der Waals surface area contributed by atoms with Crippen molar-refractivity contribution in [1.82, 2.24) is 10.2 Å². The van der Waals surface area contributed by atoms with E-state index in [1.54, 1.807) is 32.6 Å². The minimum absolute atomic E-state index is 0.326. The first-order valence-corrected chi connectivity index (χ1v) is 10.7. The molecule has 7 nitrogen and oxygen atoms in total. The smallest absolute Gasteiger partial charge is 0.410 e. The molecule has 1 aromatic rings. The highest BCUT2D eigenvalue weighted by Gasteiger charge is 2.51. The van der Waals surface area contributed by atoms with Gasteiger partial charge in [0.05, 0.1) is 5.54 Å². The summed E-state index contributed by atoms with van der Waals surface area (Å²) in [6.45, 7) is 7.68. The second-order valence-electron chi connectivity index (χ2n) is 8.35. The van der Waals surface area contributed by atoms with Crippen molar-refractivity contribution in [2.24, 2.45) is 0 Å². The standard InChI is InChI=1S/C19H26N2O5S2/c1-18(2,3)26-17(24)21-9-6-8-19(21,4)14(27)16(23)25-13-12(20-15(13)22)11-7-5-10-28-11/h5,7,10,12-14,27H,6,8-9H2,1-4H3,(H,20,22)/t12-,13+,14-,19?/m1/s1. The van der Waals surface area contributed by atoms with Crippen LogP contribution in [-0.4, -0.2) is 51.9 Å². The van der Waals surface area contributed by atoms with Gasteiger partial charge in [0.15, 0.2) is 0 Å². The lowest BCUT2D eigenvalue weighted by Gasteiger charge is -2.41. The number of β-lactam (4-membered cyclic amide) rings is 1. The molecule has 1 aromatic heterocycles. The minimum atomic E-state index is -0.889. The van der Waals surface area contributed by atoms with Crippen molar-refractivity contribution in [3.63, 3.8) is 0 Å². The van der Waals surface area contributed by atoms with Crippen LogP contribution in [0.4, 0.5) is 4.79 Å². The van der Waals surface area contributed by atoms with Crippen molar-refractivity contribution in [3.8, 4) is 0 Å². The van der Waals surface area contributed by atoms with Gasteiger partial charge in [-0.05, 0) is 52.0 Å². The van der Waals surface area contributed by atoms with E-state index in [1.807, 2.05) is 17.5 Å². The summed E-state index contributed by atoms with van der Waals surface area (Å²) in [7, 11) is 0. The number of carbonyl (C=O) groups is 3. The van der Waals surface area contributed by atoms with Gasteiger partial charge >= 0.3 is 12.1 Å². The Bertz CT molecular complexity index is 761. The Morgan fingerprint density at radius 2 is 2.14 bits per heavy atom. The van der Waals surface area contributed by atoms with Gasteiger partial charge in [0.25, 0.3) is 5.91 Å². The third kappa shape index (κ3) is 4.00. The molecule has 2 amide bonds. The summed E-state index contributed by atoms with van der Waals surface area (Å²) in [5.41, 5.74) is -1.48. The van der Waals surface area contributed by atoms with Gasteiger partial charge in [-0.15, -0.1) is 11.3 Å². The van der Waals surface area contributed by atoms with E-state index in [0.717, 1.165) is 11.3 Å². The van der Waals surface area contributed by atoms with Gasteiger partial charge < -0.3 is 19.7 Å². The Balaban J connectivity index is 1.69. The number of nitrogens with zero attached hydrogens (tertiary/aromatic N) is 1. The van der Waals surface area contributed by atoms with Gasteiger partial charge in [-0.1, -0.05) is 6.07 Å². The largest absolute Gasteiger partial charge is 0.449 e. The van der Waals surface area contributed by atoms with Crippen molar-refractivity contribution < 1.29 is 23.9 Å². The SMILES string of the molecule is CC(C)(C)OC(=O)N1CCCC1(C)[C@H](S)C(=O)O[C@@H]1C(=O)N[C@@H]1c1cccs1. The lowest BCUT2D eigenvalue weighted by atomic mass is 9.93. The molecule has 9 heteroatoms. The highest BCUT2D eigenvalue weighted by Crippen LogP contribution is 2.38. The van der Waals surface area contributed by atoms with Crippen LogP contribution in [0.2, 0.25) is 0 Å². The van der Waals surface area contributed by atoms with E-state index in [-0.39, 0.29) is 11.9 Å². The highest BCUT2D eigenvalue weighted by atomic mass is 32.1. The van der Waals surface area contributed by atoms with E-state index >= 15 is 0 Å². The van der Waals surface area contributed by atoms with Crippen molar-refractivity contribution in [2.45, 2.75) is 69.1 Å².